The molecule has 4 heteroatoms. The molecule has 1 aliphatic heterocycles. The number of piperidine rings is 1. The second-order valence-corrected chi connectivity index (χ2v) is 7.08. The Morgan fingerprint density at radius 2 is 1.68 bits per heavy atom. The van der Waals surface area contributed by atoms with Crippen LogP contribution in [0.4, 0.5) is 0 Å². The van der Waals surface area contributed by atoms with Crippen LogP contribution in [-0.4, -0.2) is 25.0 Å². The van der Waals surface area contributed by atoms with Gasteiger partial charge in [-0.1, -0.05) is 0 Å². The number of hydrogen-bond acceptors (Lipinski definition) is 2. The second kappa shape index (κ2) is 4.92. The average Bonchev–Trinajstić information content (AvgIpc) is 3.24. The van der Waals surface area contributed by atoms with E-state index in [0.29, 0.717) is 23.3 Å². The van der Waals surface area contributed by atoms with Crippen molar-refractivity contribution in [2.75, 3.05) is 13.1 Å². The highest BCUT2D eigenvalue weighted by molar-refractivity contribution is 5.85. The van der Waals surface area contributed by atoms with Crippen molar-refractivity contribution < 1.29 is 4.79 Å². The van der Waals surface area contributed by atoms with Gasteiger partial charge in [-0.25, -0.2) is 0 Å². The largest absolute Gasteiger partial charge is 0.353 e. The van der Waals surface area contributed by atoms with E-state index in [2.05, 4.69) is 10.6 Å². The minimum Gasteiger partial charge on any atom is -0.353 e. The first-order valence-electron chi connectivity index (χ1n) is 7.80. The fraction of sp³-hybridized carbons (Fsp3) is 0.933. The first kappa shape index (κ1) is 13.7. The van der Waals surface area contributed by atoms with Crippen LogP contribution >= 0.6 is 12.4 Å². The fourth-order valence-electron chi connectivity index (χ4n) is 3.99. The Morgan fingerprint density at radius 1 is 1.11 bits per heavy atom. The Labute approximate surface area is 121 Å². The highest BCUT2D eigenvalue weighted by atomic mass is 35.5. The van der Waals surface area contributed by atoms with E-state index in [1.54, 1.807) is 0 Å². The van der Waals surface area contributed by atoms with Crippen molar-refractivity contribution in [1.29, 1.82) is 0 Å². The Kier molecular flexibility index (Phi) is 3.55. The summed E-state index contributed by atoms with van der Waals surface area (Å²) in [6.45, 7) is 2.22. The smallest absolute Gasteiger partial charge is 0.223 e. The number of carbonyl (C=O) groups excluding carboxylic acids is 1. The van der Waals surface area contributed by atoms with E-state index in [4.69, 9.17) is 0 Å². The van der Waals surface area contributed by atoms with Crippen LogP contribution in [0.15, 0.2) is 0 Å². The van der Waals surface area contributed by atoms with Gasteiger partial charge in [0.2, 0.25) is 5.91 Å². The third-order valence-corrected chi connectivity index (χ3v) is 5.67. The summed E-state index contributed by atoms with van der Waals surface area (Å²) in [7, 11) is 0. The number of amides is 1. The first-order chi connectivity index (χ1) is 8.78. The Morgan fingerprint density at radius 3 is 2.21 bits per heavy atom. The van der Waals surface area contributed by atoms with Gasteiger partial charge in [-0.3, -0.25) is 4.79 Å². The Bertz CT molecular complexity index is 347. The lowest BCUT2D eigenvalue weighted by molar-refractivity contribution is -0.124. The molecule has 1 unspecified atom stereocenters. The number of halogens is 1. The van der Waals surface area contributed by atoms with Crippen molar-refractivity contribution in [2.24, 2.45) is 23.2 Å². The van der Waals surface area contributed by atoms with E-state index in [1.807, 2.05) is 0 Å². The lowest BCUT2D eigenvalue weighted by atomic mass is 9.91. The zero-order chi connectivity index (χ0) is 12.2. The van der Waals surface area contributed by atoms with Crippen LogP contribution in [0.5, 0.6) is 0 Å². The molecule has 3 saturated carbocycles. The number of nitrogens with one attached hydrogen (secondary N) is 2. The Hall–Kier alpha value is -0.280. The first-order valence-corrected chi connectivity index (χ1v) is 7.80. The van der Waals surface area contributed by atoms with Crippen molar-refractivity contribution in [1.82, 2.24) is 10.6 Å². The molecule has 0 aromatic rings. The maximum atomic E-state index is 12.4. The third kappa shape index (κ3) is 2.64. The van der Waals surface area contributed by atoms with E-state index >= 15 is 0 Å². The van der Waals surface area contributed by atoms with Gasteiger partial charge < -0.3 is 10.6 Å². The fourth-order valence-corrected chi connectivity index (χ4v) is 3.99. The highest BCUT2D eigenvalue weighted by Crippen LogP contribution is 2.58. The summed E-state index contributed by atoms with van der Waals surface area (Å²) in [4.78, 5) is 12.4. The van der Waals surface area contributed by atoms with Crippen molar-refractivity contribution in [3.63, 3.8) is 0 Å². The topological polar surface area (TPSA) is 41.1 Å². The molecule has 0 bridgehead atoms. The third-order valence-electron chi connectivity index (χ3n) is 5.67. The lowest BCUT2D eigenvalue weighted by Crippen LogP contribution is -2.41. The normalized spacial score (nSPS) is 31.9. The van der Waals surface area contributed by atoms with Gasteiger partial charge in [-0.15, -0.1) is 12.4 Å². The van der Waals surface area contributed by atoms with Gasteiger partial charge in [-0.2, -0.15) is 0 Å². The molecule has 3 aliphatic carbocycles. The molecule has 3 nitrogen and oxygen atoms in total. The second-order valence-electron chi connectivity index (χ2n) is 7.08. The van der Waals surface area contributed by atoms with Crippen LogP contribution < -0.4 is 10.6 Å². The Balaban J connectivity index is 0.00000110. The van der Waals surface area contributed by atoms with E-state index in [1.165, 1.54) is 38.5 Å². The molecule has 1 spiro atoms. The molecule has 1 amide bonds. The molecular weight excluding hydrogens is 260 g/mol. The van der Waals surface area contributed by atoms with Crippen LogP contribution in [0, 0.1) is 23.2 Å². The summed E-state index contributed by atoms with van der Waals surface area (Å²) >= 11 is 0. The van der Waals surface area contributed by atoms with Crippen molar-refractivity contribution in [3.05, 3.63) is 0 Å². The molecule has 4 rings (SSSR count). The van der Waals surface area contributed by atoms with E-state index in [0.717, 1.165) is 31.3 Å². The van der Waals surface area contributed by atoms with Crippen LogP contribution in [0.1, 0.15) is 44.9 Å². The van der Waals surface area contributed by atoms with Crippen molar-refractivity contribution in [3.8, 4) is 0 Å². The van der Waals surface area contributed by atoms with Crippen LogP contribution in [0.2, 0.25) is 0 Å². The van der Waals surface area contributed by atoms with Crippen LogP contribution in [0.25, 0.3) is 0 Å². The van der Waals surface area contributed by atoms with Crippen molar-refractivity contribution >= 4 is 18.3 Å². The minimum atomic E-state index is 0. The molecule has 108 valence electrons. The van der Waals surface area contributed by atoms with Crippen LogP contribution in [0.3, 0.4) is 0 Å². The quantitative estimate of drug-likeness (QED) is 0.830. The molecule has 1 saturated heterocycles. The van der Waals surface area contributed by atoms with E-state index in [-0.39, 0.29) is 12.4 Å². The number of carbonyl (C=O) groups is 1. The summed E-state index contributed by atoms with van der Waals surface area (Å²) in [6, 6.07) is 0.539. The van der Waals surface area contributed by atoms with Gasteiger partial charge in [0.15, 0.2) is 0 Å². The zero-order valence-corrected chi connectivity index (χ0v) is 12.3. The minimum absolute atomic E-state index is 0. The summed E-state index contributed by atoms with van der Waals surface area (Å²) in [5.74, 6) is 2.38. The summed E-state index contributed by atoms with van der Waals surface area (Å²) in [5.41, 5.74) is 0.396. The van der Waals surface area contributed by atoms with Crippen molar-refractivity contribution in [2.45, 2.75) is 51.0 Å². The SMILES string of the molecule is Cl.O=C(NC(C1CC1)C1CC1)C1CC12CCNCC2. The molecule has 2 N–H and O–H groups in total. The predicted molar refractivity (Wildman–Crippen MR) is 77.3 cm³/mol. The average molecular weight is 285 g/mol. The standard InChI is InChI=1S/C15H24N2O.ClH/c18-14(12-9-15(12)5-7-16-8-6-15)17-13(10-1-2-10)11-3-4-11;/h10-13,16H,1-9H2,(H,17,18);1H. The number of rotatable bonds is 4. The van der Waals surface area contributed by atoms with E-state index in [9.17, 15) is 4.79 Å². The van der Waals surface area contributed by atoms with Crippen LogP contribution in [-0.2, 0) is 4.79 Å². The molecule has 19 heavy (non-hydrogen) atoms. The molecule has 1 heterocycles. The van der Waals surface area contributed by atoms with Gasteiger partial charge in [0.25, 0.3) is 0 Å². The van der Waals surface area contributed by atoms with Gasteiger partial charge in [0, 0.05) is 12.0 Å². The van der Waals surface area contributed by atoms with Gasteiger partial charge in [-0.05, 0) is 75.3 Å². The lowest BCUT2D eigenvalue weighted by Gasteiger charge is -2.24. The van der Waals surface area contributed by atoms with Gasteiger partial charge in [0.05, 0.1) is 0 Å². The monoisotopic (exact) mass is 284 g/mol. The predicted octanol–water partition coefficient (Wildman–Crippen LogP) is 2.10. The molecule has 0 aromatic carbocycles. The summed E-state index contributed by atoms with van der Waals surface area (Å²) in [6.07, 6.45) is 8.97. The zero-order valence-electron chi connectivity index (χ0n) is 11.5. The summed E-state index contributed by atoms with van der Waals surface area (Å²) in [5, 5.41) is 6.82. The molecule has 4 fully saturated rings. The van der Waals surface area contributed by atoms with Gasteiger partial charge >= 0.3 is 0 Å². The molecular formula is C15H25ClN2O. The molecule has 0 radical (unpaired) electrons. The highest BCUT2D eigenvalue weighted by Gasteiger charge is 2.58. The van der Waals surface area contributed by atoms with Gasteiger partial charge in [0.1, 0.15) is 0 Å². The number of hydrogen-bond donors (Lipinski definition) is 2. The van der Waals surface area contributed by atoms with E-state index < -0.39 is 0 Å². The maximum Gasteiger partial charge on any atom is 0.223 e. The maximum absolute atomic E-state index is 12.4. The molecule has 0 aromatic heterocycles. The molecule has 4 aliphatic rings. The molecule has 1 atom stereocenters. The summed E-state index contributed by atoms with van der Waals surface area (Å²) < 4.78 is 0.